The minimum absolute atomic E-state index is 0.0158. The molecule has 0 unspecified atom stereocenters. The Labute approximate surface area is 141 Å². The first-order chi connectivity index (χ1) is 11.5. The number of hydrogen-bond acceptors (Lipinski definition) is 4. The van der Waals surface area contributed by atoms with Crippen LogP contribution in [0.25, 0.3) is 6.08 Å². The van der Waals surface area contributed by atoms with Crippen molar-refractivity contribution in [1.29, 1.82) is 0 Å². The fraction of sp³-hybridized carbons (Fsp3) is 0.389. The third kappa shape index (κ3) is 2.91. The van der Waals surface area contributed by atoms with Crippen LogP contribution in [0.5, 0.6) is 0 Å². The van der Waals surface area contributed by atoms with E-state index < -0.39 is 17.8 Å². The van der Waals surface area contributed by atoms with E-state index in [0.717, 1.165) is 30.0 Å². The van der Waals surface area contributed by atoms with E-state index in [9.17, 15) is 14.4 Å². The molecular weight excluding hydrogens is 306 g/mol. The van der Waals surface area contributed by atoms with E-state index >= 15 is 0 Å². The van der Waals surface area contributed by atoms with Gasteiger partial charge in [-0.1, -0.05) is 19.4 Å². The van der Waals surface area contributed by atoms with Crippen molar-refractivity contribution in [2.75, 3.05) is 25.0 Å². The highest BCUT2D eigenvalue weighted by Gasteiger charge is 2.33. The van der Waals surface area contributed by atoms with Gasteiger partial charge in [-0.15, -0.1) is 0 Å². The van der Waals surface area contributed by atoms with Gasteiger partial charge in [-0.2, -0.15) is 0 Å². The van der Waals surface area contributed by atoms with Gasteiger partial charge in [0.1, 0.15) is 5.57 Å². The van der Waals surface area contributed by atoms with Gasteiger partial charge in [0.2, 0.25) is 0 Å². The number of nitrogens with one attached hydrogen (secondary N) is 1. The lowest BCUT2D eigenvalue weighted by molar-refractivity contribution is -0.129. The molecule has 0 aliphatic carbocycles. The highest BCUT2D eigenvalue weighted by Crippen LogP contribution is 2.30. The number of anilines is 1. The maximum Gasteiger partial charge on any atom is 0.331 e. The van der Waals surface area contributed by atoms with Crippen LogP contribution in [-0.2, 0) is 16.0 Å². The number of carbonyl (C=O) groups is 3. The molecule has 2 heterocycles. The number of urea groups is 1. The number of unbranched alkanes of at least 4 members (excludes halogenated alkanes) is 1. The van der Waals surface area contributed by atoms with E-state index in [2.05, 4.69) is 17.1 Å². The van der Waals surface area contributed by atoms with Gasteiger partial charge in [0.25, 0.3) is 11.8 Å². The minimum Gasteiger partial charge on any atom is -0.371 e. The molecule has 6 heteroatoms. The van der Waals surface area contributed by atoms with E-state index in [1.807, 2.05) is 18.2 Å². The lowest BCUT2D eigenvalue weighted by Crippen LogP contribution is -2.52. The summed E-state index contributed by atoms with van der Waals surface area (Å²) in [5.74, 6) is -1.22. The summed E-state index contributed by atoms with van der Waals surface area (Å²) in [5.41, 5.74) is 3.25. The normalized spacial score (nSPS) is 19.1. The fourth-order valence-electron chi connectivity index (χ4n) is 3.07. The minimum atomic E-state index is -0.692. The van der Waals surface area contributed by atoms with E-state index in [1.165, 1.54) is 31.1 Å². The van der Waals surface area contributed by atoms with Gasteiger partial charge in [-0.25, -0.2) is 4.79 Å². The van der Waals surface area contributed by atoms with Crippen molar-refractivity contribution in [3.8, 4) is 0 Å². The van der Waals surface area contributed by atoms with Gasteiger partial charge in [0.15, 0.2) is 0 Å². The Hall–Kier alpha value is -2.63. The van der Waals surface area contributed by atoms with Crippen LogP contribution in [0.1, 0.15) is 30.9 Å². The van der Waals surface area contributed by atoms with E-state index in [4.69, 9.17) is 0 Å². The third-order valence-electron chi connectivity index (χ3n) is 4.49. The molecule has 6 nitrogen and oxygen atoms in total. The molecule has 2 aliphatic heterocycles. The standard InChI is InChI=1S/C18H21N3O3/c1-3-4-8-21-9-7-13-10-12(5-6-15(13)21)11-14-16(22)19-18(24)20(2)17(14)23/h5-6,10-11H,3-4,7-9H2,1-2H3,(H,19,22,24)/b14-11+. The summed E-state index contributed by atoms with van der Waals surface area (Å²) < 4.78 is 0. The number of likely N-dealkylation sites (N-methyl/N-ethyl adjacent to an activating group) is 1. The number of rotatable bonds is 4. The Balaban J connectivity index is 1.85. The van der Waals surface area contributed by atoms with Crippen molar-refractivity contribution in [1.82, 2.24) is 10.2 Å². The molecule has 3 rings (SSSR count). The van der Waals surface area contributed by atoms with Crippen LogP contribution in [-0.4, -0.2) is 42.9 Å². The van der Waals surface area contributed by atoms with Gasteiger partial charge in [-0.05, 0) is 42.2 Å². The number of benzene rings is 1. The summed E-state index contributed by atoms with van der Waals surface area (Å²) >= 11 is 0. The molecule has 2 aliphatic rings. The zero-order valence-electron chi connectivity index (χ0n) is 14.0. The first-order valence-corrected chi connectivity index (χ1v) is 8.24. The summed E-state index contributed by atoms with van der Waals surface area (Å²) in [6, 6.07) is 5.28. The molecule has 1 aromatic carbocycles. The molecule has 1 saturated heterocycles. The summed E-state index contributed by atoms with van der Waals surface area (Å²) in [5, 5.41) is 2.16. The zero-order chi connectivity index (χ0) is 17.3. The van der Waals surface area contributed by atoms with Crippen molar-refractivity contribution in [2.24, 2.45) is 0 Å². The Kier molecular flexibility index (Phi) is 4.38. The monoisotopic (exact) mass is 327 g/mol. The van der Waals surface area contributed by atoms with E-state index in [0.29, 0.717) is 0 Å². The SMILES string of the molecule is CCCCN1CCc2cc(/C=C3\C(=O)NC(=O)N(C)C3=O)ccc21. The molecule has 0 bridgehead atoms. The largest absolute Gasteiger partial charge is 0.371 e. The molecule has 0 spiro atoms. The highest BCUT2D eigenvalue weighted by molar-refractivity contribution is 6.30. The molecule has 24 heavy (non-hydrogen) atoms. The second-order valence-electron chi connectivity index (χ2n) is 6.16. The van der Waals surface area contributed by atoms with Gasteiger partial charge >= 0.3 is 6.03 Å². The highest BCUT2D eigenvalue weighted by atomic mass is 16.2. The lowest BCUT2D eigenvalue weighted by Gasteiger charge is -2.22. The maximum atomic E-state index is 12.1. The van der Waals surface area contributed by atoms with Crippen molar-refractivity contribution < 1.29 is 14.4 Å². The number of fused-ring (bicyclic) bond motifs is 1. The number of imide groups is 2. The molecule has 1 N–H and O–H groups in total. The summed E-state index contributed by atoms with van der Waals surface area (Å²) in [6.45, 7) is 4.24. The van der Waals surface area contributed by atoms with Crippen molar-refractivity contribution in [2.45, 2.75) is 26.2 Å². The molecule has 126 valence electrons. The number of nitrogens with zero attached hydrogens (tertiary/aromatic N) is 2. The van der Waals surface area contributed by atoms with Gasteiger partial charge < -0.3 is 4.90 Å². The van der Waals surface area contributed by atoms with Crippen molar-refractivity contribution in [3.05, 3.63) is 34.9 Å². The average Bonchev–Trinajstić information content (AvgIpc) is 2.97. The molecule has 1 fully saturated rings. The van der Waals surface area contributed by atoms with Gasteiger partial charge in [0, 0.05) is 25.8 Å². The predicted octanol–water partition coefficient (Wildman–Crippen LogP) is 1.94. The fourth-order valence-corrected chi connectivity index (χ4v) is 3.07. The van der Waals surface area contributed by atoms with Crippen molar-refractivity contribution in [3.63, 3.8) is 0 Å². The van der Waals surface area contributed by atoms with E-state index in [-0.39, 0.29) is 5.57 Å². The number of hydrogen-bond donors (Lipinski definition) is 1. The van der Waals surface area contributed by atoms with Crippen LogP contribution < -0.4 is 10.2 Å². The topological polar surface area (TPSA) is 69.7 Å². The zero-order valence-corrected chi connectivity index (χ0v) is 14.0. The summed E-state index contributed by atoms with van der Waals surface area (Å²) in [6.07, 6.45) is 4.85. The lowest BCUT2D eigenvalue weighted by atomic mass is 10.0. The molecule has 0 radical (unpaired) electrons. The Morgan fingerprint density at radius 1 is 1.25 bits per heavy atom. The van der Waals surface area contributed by atoms with Crippen LogP contribution >= 0.6 is 0 Å². The van der Waals surface area contributed by atoms with Crippen LogP contribution in [0.3, 0.4) is 0 Å². The van der Waals surface area contributed by atoms with Crippen LogP contribution in [0, 0.1) is 0 Å². The van der Waals surface area contributed by atoms with Gasteiger partial charge in [-0.3, -0.25) is 19.8 Å². The average molecular weight is 327 g/mol. The molecular formula is C18H21N3O3. The van der Waals surface area contributed by atoms with Crippen LogP contribution in [0.2, 0.25) is 0 Å². The molecule has 0 aromatic heterocycles. The Morgan fingerprint density at radius 2 is 2.04 bits per heavy atom. The van der Waals surface area contributed by atoms with E-state index in [1.54, 1.807) is 6.08 Å². The van der Waals surface area contributed by atoms with Gasteiger partial charge in [0.05, 0.1) is 0 Å². The first kappa shape index (κ1) is 16.2. The second kappa shape index (κ2) is 6.47. The molecule has 1 aromatic rings. The van der Waals surface area contributed by atoms with Crippen molar-refractivity contribution >= 4 is 29.6 Å². The second-order valence-corrected chi connectivity index (χ2v) is 6.16. The smallest absolute Gasteiger partial charge is 0.331 e. The third-order valence-corrected chi connectivity index (χ3v) is 4.49. The predicted molar refractivity (Wildman–Crippen MR) is 91.6 cm³/mol. The molecule has 0 atom stereocenters. The maximum absolute atomic E-state index is 12.1. The summed E-state index contributed by atoms with van der Waals surface area (Å²) in [4.78, 5) is 38.7. The Bertz CT molecular complexity index is 739. The molecule has 0 saturated carbocycles. The quantitative estimate of drug-likeness (QED) is 0.678. The molecule has 4 amide bonds. The first-order valence-electron chi connectivity index (χ1n) is 8.24. The number of barbiturate groups is 1. The van der Waals surface area contributed by atoms with Crippen LogP contribution in [0.4, 0.5) is 10.5 Å². The number of carbonyl (C=O) groups excluding carboxylic acids is 3. The Morgan fingerprint density at radius 3 is 2.79 bits per heavy atom. The van der Waals surface area contributed by atoms with Crippen LogP contribution in [0.15, 0.2) is 23.8 Å². The number of amides is 4. The summed E-state index contributed by atoms with van der Waals surface area (Å²) in [7, 11) is 1.35.